The van der Waals surface area contributed by atoms with E-state index >= 15 is 0 Å². The summed E-state index contributed by atoms with van der Waals surface area (Å²) >= 11 is 1.86. The Bertz CT molecular complexity index is 1130. The third kappa shape index (κ3) is 1.76. The molecular weight excluding hydrogens is 314 g/mol. The predicted octanol–water partition coefficient (Wildman–Crippen LogP) is 4.96. The molecule has 1 aromatic heterocycles. The summed E-state index contributed by atoms with van der Waals surface area (Å²) in [6, 6.07) is 21.6. The maximum absolute atomic E-state index is 5.44. The number of hydrogen-bond donors (Lipinski definition) is 0. The Morgan fingerprint density at radius 2 is 1.71 bits per heavy atom. The molecule has 0 spiro atoms. The summed E-state index contributed by atoms with van der Waals surface area (Å²) in [5.74, 6) is 0.903. The van der Waals surface area contributed by atoms with E-state index in [2.05, 4.69) is 66.2 Å². The zero-order valence-electron chi connectivity index (χ0n) is 13.5. The number of hydrogen-bond acceptors (Lipinski definition) is 2. The van der Waals surface area contributed by atoms with E-state index in [0.29, 0.717) is 0 Å². The van der Waals surface area contributed by atoms with Gasteiger partial charge in [-0.2, -0.15) is 4.57 Å². The molecule has 0 radical (unpaired) electrons. The molecule has 0 saturated carbocycles. The average Bonchev–Trinajstić information content (AvgIpc) is 2.65. The molecule has 0 atom stereocenters. The van der Waals surface area contributed by atoms with Gasteiger partial charge in [0.1, 0.15) is 12.8 Å². The normalized spacial score (nSPS) is 12.4. The molecule has 0 bridgehead atoms. The first kappa shape index (κ1) is 13.9. The third-order valence-electron chi connectivity index (χ3n) is 4.83. The molecule has 0 saturated heterocycles. The molecule has 4 aromatic rings. The maximum Gasteiger partial charge on any atom is 0.214 e. The molecule has 1 aliphatic rings. The summed E-state index contributed by atoms with van der Waals surface area (Å²) in [6.45, 7) is 0. The van der Waals surface area contributed by atoms with E-state index in [4.69, 9.17) is 4.74 Å². The van der Waals surface area contributed by atoms with Crippen molar-refractivity contribution in [1.29, 1.82) is 0 Å². The highest BCUT2D eigenvalue weighted by Gasteiger charge is 2.26. The molecule has 5 rings (SSSR count). The molecule has 1 aliphatic heterocycles. The molecule has 0 fully saturated rings. The van der Waals surface area contributed by atoms with E-state index in [1.807, 2.05) is 17.8 Å². The van der Waals surface area contributed by atoms with Crippen molar-refractivity contribution in [2.45, 2.75) is 9.79 Å². The minimum Gasteiger partial charge on any atom is -0.497 e. The van der Waals surface area contributed by atoms with Gasteiger partial charge >= 0.3 is 0 Å². The molecule has 116 valence electrons. The van der Waals surface area contributed by atoms with Crippen LogP contribution in [0.2, 0.25) is 0 Å². The van der Waals surface area contributed by atoms with Gasteiger partial charge in [-0.15, -0.1) is 0 Å². The van der Waals surface area contributed by atoms with E-state index in [-0.39, 0.29) is 0 Å². The van der Waals surface area contributed by atoms with Gasteiger partial charge in [0, 0.05) is 27.5 Å². The van der Waals surface area contributed by atoms with Crippen LogP contribution < -0.4 is 9.30 Å². The topological polar surface area (TPSA) is 13.1 Å². The van der Waals surface area contributed by atoms with Gasteiger partial charge in [-0.25, -0.2) is 0 Å². The fourth-order valence-corrected chi connectivity index (χ4v) is 4.89. The number of nitrogens with zero attached hydrogens (tertiary/aromatic N) is 1. The highest BCUT2D eigenvalue weighted by atomic mass is 32.2. The Balaban J connectivity index is 1.99. The van der Waals surface area contributed by atoms with E-state index < -0.39 is 0 Å². The number of pyridine rings is 1. The zero-order chi connectivity index (χ0) is 16.3. The van der Waals surface area contributed by atoms with Crippen LogP contribution in [0.5, 0.6) is 5.75 Å². The number of rotatable bonds is 1. The standard InChI is InChI=1S/C21H16NOS/c1-22-17-8-4-3-6-15(17)21-20-14(7-5-9-18(20)22)16-12-13(23-2)10-11-19(16)24-21/h3-12H,1-2H3/q+1. The lowest BCUT2D eigenvalue weighted by atomic mass is 9.98. The van der Waals surface area contributed by atoms with Crippen molar-refractivity contribution in [3.8, 4) is 16.9 Å². The van der Waals surface area contributed by atoms with Gasteiger partial charge in [-0.1, -0.05) is 36.0 Å². The largest absolute Gasteiger partial charge is 0.497 e. The molecule has 0 N–H and O–H groups in total. The lowest BCUT2D eigenvalue weighted by Gasteiger charge is -2.21. The van der Waals surface area contributed by atoms with Crippen LogP contribution in [-0.2, 0) is 7.05 Å². The van der Waals surface area contributed by atoms with E-state index in [9.17, 15) is 0 Å². The number of para-hydroxylation sites is 1. The average molecular weight is 330 g/mol. The van der Waals surface area contributed by atoms with Crippen molar-refractivity contribution in [2.24, 2.45) is 7.05 Å². The number of benzene rings is 3. The fourth-order valence-electron chi connectivity index (χ4n) is 3.66. The number of fused-ring (bicyclic) bond motifs is 4. The van der Waals surface area contributed by atoms with Crippen molar-refractivity contribution >= 4 is 33.6 Å². The smallest absolute Gasteiger partial charge is 0.214 e. The molecule has 3 heteroatoms. The summed E-state index contributed by atoms with van der Waals surface area (Å²) in [5, 5.41) is 2.65. The first-order valence-corrected chi connectivity index (χ1v) is 8.79. The van der Waals surface area contributed by atoms with Crippen LogP contribution in [0.1, 0.15) is 0 Å². The molecule has 2 nitrogen and oxygen atoms in total. The second kappa shape index (κ2) is 4.99. The Morgan fingerprint density at radius 3 is 2.58 bits per heavy atom. The van der Waals surface area contributed by atoms with Gasteiger partial charge in [0.2, 0.25) is 11.0 Å². The van der Waals surface area contributed by atoms with Crippen LogP contribution in [0.3, 0.4) is 0 Å². The summed E-state index contributed by atoms with van der Waals surface area (Å²) in [6.07, 6.45) is 0. The van der Waals surface area contributed by atoms with Crippen LogP contribution in [0.25, 0.3) is 32.9 Å². The lowest BCUT2D eigenvalue weighted by molar-refractivity contribution is -0.617. The molecule has 24 heavy (non-hydrogen) atoms. The first-order valence-electron chi connectivity index (χ1n) is 7.97. The second-order valence-corrected chi connectivity index (χ2v) is 7.12. The SMILES string of the molecule is COc1ccc2c(c1)-c1cccc3c1c(c1ccccc1[n+]3C)S2. The molecule has 3 aromatic carbocycles. The maximum atomic E-state index is 5.44. The third-order valence-corrected chi connectivity index (χ3v) is 6.03. The Morgan fingerprint density at radius 1 is 0.875 bits per heavy atom. The number of methoxy groups -OCH3 is 1. The molecule has 2 heterocycles. The van der Waals surface area contributed by atoms with Gasteiger partial charge in [-0.05, 0) is 29.8 Å². The summed E-state index contributed by atoms with van der Waals surface area (Å²) < 4.78 is 7.74. The summed E-state index contributed by atoms with van der Waals surface area (Å²) in [5.41, 5.74) is 5.08. The number of aryl methyl sites for hydroxylation is 1. The van der Waals surface area contributed by atoms with Gasteiger partial charge in [0.25, 0.3) is 0 Å². The Kier molecular flexibility index (Phi) is 2.88. The zero-order valence-corrected chi connectivity index (χ0v) is 14.4. The van der Waals surface area contributed by atoms with Crippen molar-refractivity contribution in [2.75, 3.05) is 7.11 Å². The highest BCUT2D eigenvalue weighted by Crippen LogP contribution is 2.50. The van der Waals surface area contributed by atoms with Crippen LogP contribution in [0.4, 0.5) is 0 Å². The Labute approximate surface area is 144 Å². The van der Waals surface area contributed by atoms with E-state index in [1.54, 1.807) is 7.11 Å². The fraction of sp³-hybridized carbons (Fsp3) is 0.0952. The number of ether oxygens (including phenoxy) is 1. The Hall–Kier alpha value is -2.52. The van der Waals surface area contributed by atoms with Crippen LogP contribution in [0, 0.1) is 0 Å². The van der Waals surface area contributed by atoms with Gasteiger partial charge < -0.3 is 4.74 Å². The summed E-state index contributed by atoms with van der Waals surface area (Å²) in [4.78, 5) is 2.64. The van der Waals surface area contributed by atoms with Crippen molar-refractivity contribution < 1.29 is 9.30 Å². The minimum atomic E-state index is 0.903. The van der Waals surface area contributed by atoms with Crippen LogP contribution >= 0.6 is 11.8 Å². The van der Waals surface area contributed by atoms with Crippen molar-refractivity contribution in [3.05, 3.63) is 60.7 Å². The van der Waals surface area contributed by atoms with Crippen LogP contribution in [0.15, 0.2) is 70.5 Å². The highest BCUT2D eigenvalue weighted by molar-refractivity contribution is 8.00. The minimum absolute atomic E-state index is 0.903. The van der Waals surface area contributed by atoms with Crippen molar-refractivity contribution in [1.82, 2.24) is 0 Å². The quantitative estimate of drug-likeness (QED) is 0.318. The van der Waals surface area contributed by atoms with E-state index in [0.717, 1.165) is 5.75 Å². The molecule has 0 unspecified atom stereocenters. The van der Waals surface area contributed by atoms with Gasteiger partial charge in [0.05, 0.1) is 17.9 Å². The second-order valence-electron chi connectivity index (χ2n) is 6.07. The molecular formula is C21H16NOS+. The van der Waals surface area contributed by atoms with Gasteiger partial charge in [-0.3, -0.25) is 0 Å². The lowest BCUT2D eigenvalue weighted by Crippen LogP contribution is -2.30. The van der Waals surface area contributed by atoms with E-state index in [1.165, 1.54) is 42.7 Å². The summed E-state index contributed by atoms with van der Waals surface area (Å²) in [7, 11) is 3.87. The molecule has 0 aliphatic carbocycles. The monoisotopic (exact) mass is 330 g/mol. The van der Waals surface area contributed by atoms with Crippen molar-refractivity contribution in [3.63, 3.8) is 0 Å². The van der Waals surface area contributed by atoms with Gasteiger partial charge in [0.15, 0.2) is 0 Å². The molecule has 0 amide bonds. The predicted molar refractivity (Wildman–Crippen MR) is 98.7 cm³/mol. The first-order chi connectivity index (χ1) is 11.8. The van der Waals surface area contributed by atoms with Crippen LogP contribution in [-0.4, -0.2) is 7.11 Å². The number of aromatic nitrogens is 1.